The van der Waals surface area contributed by atoms with Crippen LogP contribution in [0.5, 0.6) is 5.75 Å². The molecule has 0 radical (unpaired) electrons. The Hall–Kier alpha value is -3.28. The molecular formula is C28H31FN4O5S. The smallest absolute Gasteiger partial charge is 0.259 e. The molecule has 206 valence electrons. The molecule has 1 aromatic heterocycles. The molecule has 9 nitrogen and oxygen atoms in total. The van der Waals surface area contributed by atoms with Crippen LogP contribution in [0.3, 0.4) is 0 Å². The quantitative estimate of drug-likeness (QED) is 0.393. The molecule has 1 saturated carbocycles. The standard InChI is InChI=1S/C28H31FN4O5S/c1-32-15-26(30-16-32)39(36,37)31-10-11-38-19-8-6-17-7-9-25(33-27(34)22-14-23(22)28(33)35)21(20(17)13-19)12-18-4-2-3-5-24(18)29/h2-6,8,13,15-16,21-23,25,27,31,34H,7,9-12,14H2,1H3. The molecular weight excluding hydrogens is 523 g/mol. The predicted molar refractivity (Wildman–Crippen MR) is 140 cm³/mol. The Kier molecular flexibility index (Phi) is 6.68. The lowest BCUT2D eigenvalue weighted by Gasteiger charge is -2.42. The maximum Gasteiger partial charge on any atom is 0.259 e. The van der Waals surface area contributed by atoms with Gasteiger partial charge in [0.2, 0.25) is 5.91 Å². The second-order valence-corrected chi connectivity index (χ2v) is 12.4. The number of sulfonamides is 1. The van der Waals surface area contributed by atoms with E-state index in [1.807, 2.05) is 18.2 Å². The highest BCUT2D eigenvalue weighted by Gasteiger charge is 2.60. The van der Waals surface area contributed by atoms with Gasteiger partial charge in [-0.2, -0.15) is 0 Å². The number of rotatable bonds is 9. The normalized spacial score (nSPS) is 25.9. The van der Waals surface area contributed by atoms with Gasteiger partial charge in [0, 0.05) is 43.6 Å². The second-order valence-electron chi connectivity index (χ2n) is 10.7. The SMILES string of the molecule is Cn1cnc(S(=O)(=O)NCCOc2ccc3c(c2)C(Cc2ccccc2F)C(N2C(=O)C4CC4C2O)CC3)c1. The number of nitrogens with one attached hydrogen (secondary N) is 1. The van der Waals surface area contributed by atoms with Gasteiger partial charge in [0.05, 0.1) is 6.33 Å². The number of benzene rings is 2. The van der Waals surface area contributed by atoms with Crippen molar-refractivity contribution in [1.29, 1.82) is 0 Å². The van der Waals surface area contributed by atoms with Gasteiger partial charge >= 0.3 is 0 Å². The Bertz CT molecular complexity index is 1510. The summed E-state index contributed by atoms with van der Waals surface area (Å²) in [6.07, 6.45) is 4.56. The van der Waals surface area contributed by atoms with E-state index in [1.54, 1.807) is 34.7 Å². The van der Waals surface area contributed by atoms with E-state index >= 15 is 0 Å². The fourth-order valence-electron chi connectivity index (χ4n) is 6.09. The van der Waals surface area contributed by atoms with Crippen molar-refractivity contribution >= 4 is 15.9 Å². The number of aromatic nitrogens is 2. The van der Waals surface area contributed by atoms with Crippen molar-refractivity contribution in [3.8, 4) is 5.75 Å². The molecule has 1 aliphatic heterocycles. The van der Waals surface area contributed by atoms with Crippen LogP contribution in [-0.4, -0.2) is 59.3 Å². The molecule has 2 N–H and O–H groups in total. The van der Waals surface area contributed by atoms with E-state index in [2.05, 4.69) is 9.71 Å². The van der Waals surface area contributed by atoms with Crippen LogP contribution in [0.15, 0.2) is 60.0 Å². The Morgan fingerprint density at radius 2 is 2.05 bits per heavy atom. The lowest BCUT2D eigenvalue weighted by Crippen LogP contribution is -2.49. The zero-order valence-electron chi connectivity index (χ0n) is 21.5. The molecule has 5 atom stereocenters. The fourth-order valence-corrected chi connectivity index (χ4v) is 7.08. The number of nitrogens with zero attached hydrogens (tertiary/aromatic N) is 3. The zero-order valence-corrected chi connectivity index (χ0v) is 22.4. The van der Waals surface area contributed by atoms with Crippen LogP contribution in [0.25, 0.3) is 0 Å². The summed E-state index contributed by atoms with van der Waals surface area (Å²) in [6.45, 7) is 0.146. The highest BCUT2D eigenvalue weighted by atomic mass is 32.2. The molecule has 2 aliphatic carbocycles. The molecule has 11 heteroatoms. The van der Waals surface area contributed by atoms with Gasteiger partial charge in [-0.15, -0.1) is 0 Å². The van der Waals surface area contributed by atoms with E-state index in [0.29, 0.717) is 24.2 Å². The molecule has 2 aromatic carbocycles. The van der Waals surface area contributed by atoms with Crippen LogP contribution < -0.4 is 9.46 Å². The molecule has 6 rings (SSSR count). The number of ether oxygens (including phenoxy) is 1. The van der Waals surface area contributed by atoms with Gasteiger partial charge in [-0.25, -0.2) is 22.5 Å². The van der Waals surface area contributed by atoms with Crippen molar-refractivity contribution in [3.05, 3.63) is 77.5 Å². The highest BCUT2D eigenvalue weighted by molar-refractivity contribution is 7.89. The van der Waals surface area contributed by atoms with Crippen LogP contribution in [0, 0.1) is 17.7 Å². The first-order chi connectivity index (χ1) is 18.7. The Balaban J connectivity index is 1.21. The molecule has 3 aromatic rings. The van der Waals surface area contributed by atoms with Crippen molar-refractivity contribution in [1.82, 2.24) is 19.2 Å². The molecule has 2 heterocycles. The highest BCUT2D eigenvalue weighted by Crippen LogP contribution is 2.52. The first-order valence-electron chi connectivity index (χ1n) is 13.2. The summed E-state index contributed by atoms with van der Waals surface area (Å²) in [6, 6.07) is 12.1. The monoisotopic (exact) mass is 554 g/mol. The minimum absolute atomic E-state index is 0.00228. The van der Waals surface area contributed by atoms with Crippen LogP contribution in [-0.2, 0) is 34.7 Å². The summed E-state index contributed by atoms with van der Waals surface area (Å²) in [5.74, 6) is -0.0779. The maximum absolute atomic E-state index is 14.7. The molecule has 1 amide bonds. The molecule has 1 saturated heterocycles. The van der Waals surface area contributed by atoms with Gasteiger partial charge in [-0.05, 0) is 60.6 Å². The fraction of sp³-hybridized carbons (Fsp3) is 0.429. The van der Waals surface area contributed by atoms with Gasteiger partial charge < -0.3 is 19.3 Å². The zero-order chi connectivity index (χ0) is 27.3. The largest absolute Gasteiger partial charge is 0.492 e. The Morgan fingerprint density at radius 1 is 1.23 bits per heavy atom. The second kappa shape index (κ2) is 10.0. The molecule has 3 aliphatic rings. The number of piperidine rings is 1. The number of imidazole rings is 1. The van der Waals surface area contributed by atoms with Crippen molar-refractivity contribution in [2.45, 2.75) is 48.9 Å². The van der Waals surface area contributed by atoms with Gasteiger partial charge in [0.1, 0.15) is 24.4 Å². The first kappa shape index (κ1) is 26.0. The molecule has 0 spiro atoms. The van der Waals surface area contributed by atoms with E-state index in [-0.39, 0.29) is 53.7 Å². The maximum atomic E-state index is 14.7. The van der Waals surface area contributed by atoms with Crippen LogP contribution >= 0.6 is 0 Å². The number of amides is 1. The van der Waals surface area contributed by atoms with Crippen LogP contribution in [0.2, 0.25) is 0 Å². The van der Waals surface area contributed by atoms with Gasteiger partial charge in [-0.3, -0.25) is 4.79 Å². The number of halogens is 1. The minimum atomic E-state index is -3.74. The number of aryl methyl sites for hydroxylation is 2. The summed E-state index contributed by atoms with van der Waals surface area (Å²) in [7, 11) is -2.05. The minimum Gasteiger partial charge on any atom is -0.492 e. The molecule has 0 bridgehead atoms. The average molecular weight is 555 g/mol. The predicted octanol–water partition coefficient (Wildman–Crippen LogP) is 2.35. The summed E-state index contributed by atoms with van der Waals surface area (Å²) in [5.41, 5.74) is 2.62. The third-order valence-electron chi connectivity index (χ3n) is 8.14. The summed E-state index contributed by atoms with van der Waals surface area (Å²) < 4.78 is 49.5. The lowest BCUT2D eigenvalue weighted by atomic mass is 9.75. The third kappa shape index (κ3) is 4.94. The molecule has 39 heavy (non-hydrogen) atoms. The third-order valence-corrected chi connectivity index (χ3v) is 9.49. The first-order valence-corrected chi connectivity index (χ1v) is 14.7. The van der Waals surface area contributed by atoms with E-state index in [4.69, 9.17) is 4.74 Å². The lowest BCUT2D eigenvalue weighted by molar-refractivity contribution is -0.142. The van der Waals surface area contributed by atoms with E-state index in [9.17, 15) is 22.7 Å². The number of hydrogen-bond acceptors (Lipinski definition) is 6. The molecule has 5 unspecified atom stereocenters. The van der Waals surface area contributed by atoms with Gasteiger partial charge in [0.15, 0.2) is 5.03 Å². The van der Waals surface area contributed by atoms with Crippen molar-refractivity contribution in [2.75, 3.05) is 13.2 Å². The number of carbonyl (C=O) groups excluding carboxylic acids is 1. The molecule has 2 fully saturated rings. The van der Waals surface area contributed by atoms with Crippen LogP contribution in [0.4, 0.5) is 4.39 Å². The number of hydrogen-bond donors (Lipinski definition) is 2. The van der Waals surface area contributed by atoms with Crippen molar-refractivity contribution in [2.24, 2.45) is 18.9 Å². The number of carbonyl (C=O) groups is 1. The number of aliphatic hydroxyl groups is 1. The van der Waals surface area contributed by atoms with Crippen molar-refractivity contribution in [3.63, 3.8) is 0 Å². The number of fused-ring (bicyclic) bond motifs is 2. The summed E-state index contributed by atoms with van der Waals surface area (Å²) in [4.78, 5) is 18.6. The number of aliphatic hydroxyl groups excluding tert-OH is 1. The van der Waals surface area contributed by atoms with E-state index in [0.717, 1.165) is 24.0 Å². The van der Waals surface area contributed by atoms with Gasteiger partial charge in [-0.1, -0.05) is 24.3 Å². The van der Waals surface area contributed by atoms with E-state index in [1.165, 1.54) is 18.6 Å². The average Bonchev–Trinajstić information content (AvgIpc) is 3.53. The topological polar surface area (TPSA) is 114 Å². The number of likely N-dealkylation sites (tertiary alicyclic amines) is 1. The Morgan fingerprint density at radius 3 is 2.77 bits per heavy atom. The summed E-state index contributed by atoms with van der Waals surface area (Å²) >= 11 is 0. The van der Waals surface area contributed by atoms with Crippen molar-refractivity contribution < 1.29 is 27.4 Å². The van der Waals surface area contributed by atoms with Gasteiger partial charge in [0.25, 0.3) is 10.0 Å². The van der Waals surface area contributed by atoms with E-state index < -0.39 is 16.3 Å². The van der Waals surface area contributed by atoms with Crippen LogP contribution in [0.1, 0.15) is 35.4 Å². The Labute approximate surface area is 226 Å². The summed E-state index contributed by atoms with van der Waals surface area (Å²) in [5, 5.41) is 10.8.